The summed E-state index contributed by atoms with van der Waals surface area (Å²) in [6, 6.07) is 14.2. The number of amides is 3. The number of carboxylic acids is 2. The minimum Gasteiger partial charge on any atom is -0.478 e. The third kappa shape index (κ3) is 5.86. The minimum atomic E-state index is -2.04. The van der Waals surface area contributed by atoms with Crippen LogP contribution < -0.4 is 5.32 Å². The largest absolute Gasteiger partial charge is 0.478 e. The van der Waals surface area contributed by atoms with Crippen LogP contribution in [-0.2, 0) is 48.6 Å². The standard InChI is InChI=1S/C34H37N5O5.C4H4O4/c1-33(32(42)39-27(15-20-9-5-4-6-10-20)31(41)38-14-8-13-28(38)34(39,43)44-33)35-30(40)22-16-24-23-11-7-12-25-29(23)21(18-36(25)2)17-26(24)37(3)19-22;5-3(6)1-2-4(7)8/h4-7,9-12,16,18,22,26-28,43H,8,13-15,17,19H2,1-3H3,(H,35,40);1-2H,(H,5,6)(H,7,8)/b;2-1-/t22-,26-,27+,28+,33-,34+;/m1./s1. The quantitative estimate of drug-likeness (QED) is 0.275. The van der Waals surface area contributed by atoms with E-state index in [1.165, 1.54) is 22.8 Å². The molecule has 4 N–H and O–H groups in total. The van der Waals surface area contributed by atoms with E-state index in [2.05, 4.69) is 46.2 Å². The highest BCUT2D eigenvalue weighted by Gasteiger charge is 2.70. The number of aryl methyl sites for hydroxylation is 1. The molecule has 3 aromatic rings. The molecule has 52 heavy (non-hydrogen) atoms. The van der Waals surface area contributed by atoms with Crippen molar-refractivity contribution in [2.24, 2.45) is 13.0 Å². The lowest BCUT2D eigenvalue weighted by Crippen LogP contribution is -2.71. The van der Waals surface area contributed by atoms with Gasteiger partial charge in [-0.05, 0) is 61.6 Å². The van der Waals surface area contributed by atoms with E-state index in [0.29, 0.717) is 38.1 Å². The van der Waals surface area contributed by atoms with Gasteiger partial charge in [-0.15, -0.1) is 0 Å². The molecule has 14 heteroatoms. The van der Waals surface area contributed by atoms with E-state index in [0.717, 1.165) is 28.6 Å². The van der Waals surface area contributed by atoms with Crippen LogP contribution in [0.4, 0.5) is 0 Å². The van der Waals surface area contributed by atoms with E-state index in [9.17, 15) is 29.1 Å². The number of carboxylic acid groups (broad SMARTS) is 2. The number of aliphatic carboxylic acids is 2. The molecule has 272 valence electrons. The molecule has 2 aromatic carbocycles. The van der Waals surface area contributed by atoms with Gasteiger partial charge < -0.3 is 30.1 Å². The molecule has 1 aromatic heterocycles. The summed E-state index contributed by atoms with van der Waals surface area (Å²) < 4.78 is 8.40. The van der Waals surface area contributed by atoms with Crippen LogP contribution in [0.5, 0.6) is 0 Å². The summed E-state index contributed by atoms with van der Waals surface area (Å²) >= 11 is 0. The van der Waals surface area contributed by atoms with Crippen molar-refractivity contribution in [2.75, 3.05) is 20.1 Å². The Morgan fingerprint density at radius 3 is 2.42 bits per heavy atom. The Kier molecular flexibility index (Phi) is 8.80. The van der Waals surface area contributed by atoms with Crippen LogP contribution in [0.1, 0.15) is 36.5 Å². The Morgan fingerprint density at radius 2 is 1.73 bits per heavy atom. The lowest BCUT2D eigenvalue weighted by Gasteiger charge is -2.48. The smallest absolute Gasteiger partial charge is 0.328 e. The molecule has 0 saturated carbocycles. The monoisotopic (exact) mass is 711 g/mol. The zero-order valence-corrected chi connectivity index (χ0v) is 29.1. The summed E-state index contributed by atoms with van der Waals surface area (Å²) in [7, 11) is 4.09. The average Bonchev–Trinajstić information content (AvgIpc) is 3.78. The Hall–Kier alpha value is -5.31. The normalized spacial score (nSPS) is 29.3. The van der Waals surface area contributed by atoms with Gasteiger partial charge in [0.15, 0.2) is 0 Å². The van der Waals surface area contributed by atoms with Gasteiger partial charge in [0, 0.05) is 61.9 Å². The SMILES string of the molecule is CN1C[C@H](C(=O)N[C@]2(C)O[C@@]3(O)[C@@H]4CCCN4C(=O)[C@H](Cc4ccccc4)N3C2=O)C=C2c3cccc4c3c(cn4C)C[C@H]21.O=C(O)/C=C\C(=O)O. The fourth-order valence-electron chi connectivity index (χ4n) is 8.54. The molecular weight excluding hydrogens is 670 g/mol. The third-order valence-corrected chi connectivity index (χ3v) is 10.8. The number of aromatic nitrogens is 1. The molecule has 8 rings (SSSR count). The first-order valence-electron chi connectivity index (χ1n) is 17.3. The molecule has 3 fully saturated rings. The van der Waals surface area contributed by atoms with Crippen molar-refractivity contribution in [3.63, 3.8) is 0 Å². The van der Waals surface area contributed by atoms with Crippen LogP contribution in [0, 0.1) is 5.92 Å². The molecule has 0 spiro atoms. The van der Waals surface area contributed by atoms with Gasteiger partial charge in [-0.3, -0.25) is 28.9 Å². The van der Waals surface area contributed by atoms with Crippen molar-refractivity contribution >= 4 is 46.1 Å². The highest BCUT2D eigenvalue weighted by Crippen LogP contribution is 2.46. The highest BCUT2D eigenvalue weighted by molar-refractivity contribution is 6.01. The predicted molar refractivity (Wildman–Crippen MR) is 187 cm³/mol. The van der Waals surface area contributed by atoms with Crippen LogP contribution >= 0.6 is 0 Å². The van der Waals surface area contributed by atoms with Crippen molar-refractivity contribution in [3.8, 4) is 0 Å². The second kappa shape index (κ2) is 13.0. The van der Waals surface area contributed by atoms with E-state index in [1.807, 2.05) is 43.5 Å². The van der Waals surface area contributed by atoms with E-state index >= 15 is 0 Å². The van der Waals surface area contributed by atoms with Crippen molar-refractivity contribution in [2.45, 2.75) is 62.4 Å². The Labute approximate surface area is 299 Å². The number of piperazine rings is 1. The summed E-state index contributed by atoms with van der Waals surface area (Å²) in [4.78, 5) is 66.1. The number of ether oxygens (including phenoxy) is 1. The Morgan fingerprint density at radius 1 is 1.02 bits per heavy atom. The van der Waals surface area contributed by atoms with Crippen LogP contribution in [0.3, 0.4) is 0 Å². The van der Waals surface area contributed by atoms with E-state index in [-0.39, 0.29) is 24.3 Å². The maximum atomic E-state index is 14.2. The number of carbonyl (C=O) groups is 5. The number of hydrogen-bond donors (Lipinski definition) is 4. The van der Waals surface area contributed by atoms with Crippen LogP contribution in [0.25, 0.3) is 16.5 Å². The van der Waals surface area contributed by atoms with Gasteiger partial charge in [-0.2, -0.15) is 0 Å². The van der Waals surface area contributed by atoms with Crippen molar-refractivity contribution in [1.29, 1.82) is 0 Å². The summed E-state index contributed by atoms with van der Waals surface area (Å²) in [5, 5.41) is 31.8. The summed E-state index contributed by atoms with van der Waals surface area (Å²) in [6.07, 6.45) is 7.65. The maximum Gasteiger partial charge on any atom is 0.328 e. The molecular formula is C38H41N5O9. The lowest BCUT2D eigenvalue weighted by molar-refractivity contribution is -0.315. The summed E-state index contributed by atoms with van der Waals surface area (Å²) in [6.45, 7) is 2.46. The van der Waals surface area contributed by atoms with Crippen molar-refractivity contribution < 1.29 is 44.0 Å². The molecule has 1 aliphatic carbocycles. The van der Waals surface area contributed by atoms with Gasteiger partial charge in [0.25, 0.3) is 11.8 Å². The first-order valence-corrected chi connectivity index (χ1v) is 17.3. The van der Waals surface area contributed by atoms with E-state index in [1.54, 1.807) is 4.90 Å². The summed E-state index contributed by atoms with van der Waals surface area (Å²) in [5.74, 6) is -6.28. The molecule has 5 heterocycles. The number of likely N-dealkylation sites (N-methyl/N-ethyl adjacent to an activating group) is 1. The second-order valence-electron chi connectivity index (χ2n) is 14.2. The molecule has 14 nitrogen and oxygen atoms in total. The second-order valence-corrected chi connectivity index (χ2v) is 14.2. The predicted octanol–water partition coefficient (Wildman–Crippen LogP) is 1.71. The zero-order chi connectivity index (χ0) is 37.1. The zero-order valence-electron chi connectivity index (χ0n) is 29.1. The first kappa shape index (κ1) is 35.1. The van der Waals surface area contributed by atoms with Crippen LogP contribution in [-0.4, -0.2) is 114 Å². The van der Waals surface area contributed by atoms with Crippen molar-refractivity contribution in [3.05, 3.63) is 89.6 Å². The number of rotatable bonds is 6. The molecule has 3 amide bonds. The molecule has 6 atom stereocenters. The highest BCUT2D eigenvalue weighted by atomic mass is 16.7. The number of nitrogens with one attached hydrogen (secondary N) is 1. The number of nitrogens with zero attached hydrogens (tertiary/aromatic N) is 4. The fourth-order valence-corrected chi connectivity index (χ4v) is 8.54. The van der Waals surface area contributed by atoms with Crippen molar-refractivity contribution in [1.82, 2.24) is 24.6 Å². The number of fused-ring (bicyclic) bond motifs is 5. The average molecular weight is 712 g/mol. The fraction of sp³-hybridized carbons (Fsp3) is 0.395. The number of benzene rings is 2. The topological polar surface area (TPSA) is 182 Å². The third-order valence-electron chi connectivity index (χ3n) is 10.8. The van der Waals surface area contributed by atoms with Gasteiger partial charge in [-0.1, -0.05) is 48.5 Å². The molecule has 5 aliphatic rings. The van der Waals surface area contributed by atoms with Crippen LogP contribution in [0.2, 0.25) is 0 Å². The van der Waals surface area contributed by atoms with Gasteiger partial charge >= 0.3 is 11.9 Å². The number of aliphatic hydroxyl groups is 1. The van der Waals surface area contributed by atoms with Gasteiger partial charge in [-0.25, -0.2) is 9.59 Å². The molecule has 3 saturated heterocycles. The van der Waals surface area contributed by atoms with Gasteiger partial charge in [0.05, 0.1) is 5.92 Å². The van der Waals surface area contributed by atoms with Gasteiger partial charge in [0.2, 0.25) is 17.5 Å². The maximum absolute atomic E-state index is 14.2. The van der Waals surface area contributed by atoms with E-state index in [4.69, 9.17) is 14.9 Å². The minimum absolute atomic E-state index is 0.146. The summed E-state index contributed by atoms with van der Waals surface area (Å²) in [5.41, 5.74) is 3.73. The molecule has 4 aliphatic heterocycles. The van der Waals surface area contributed by atoms with E-state index < -0.39 is 47.5 Å². The first-order chi connectivity index (χ1) is 24.7. The van der Waals surface area contributed by atoms with Gasteiger partial charge in [0.1, 0.15) is 12.1 Å². The lowest BCUT2D eigenvalue weighted by atomic mass is 9.79. The van der Waals surface area contributed by atoms with Crippen LogP contribution in [0.15, 0.2) is 73.0 Å². The molecule has 0 unspecified atom stereocenters. The molecule has 0 radical (unpaired) electrons. The number of hydrogen-bond acceptors (Lipinski definition) is 8. The Balaban J connectivity index is 0.000000474. The number of carbonyl (C=O) groups excluding carboxylic acids is 3. The Bertz CT molecular complexity index is 2030. The molecule has 0 bridgehead atoms.